The number of hydrogen-bond donors (Lipinski definition) is 4. The number of carbonyl (C=O) groups is 4. The maximum Gasteiger partial charge on any atom is 0.326 e. The van der Waals surface area contributed by atoms with Gasteiger partial charge in [-0.15, -0.1) is 11.8 Å². The van der Waals surface area contributed by atoms with Crippen LogP contribution in [0.25, 0.3) is 0 Å². The molecule has 10 nitrogen and oxygen atoms in total. The first-order valence-corrected chi connectivity index (χ1v) is 16.6. The van der Waals surface area contributed by atoms with Gasteiger partial charge in [-0.05, 0) is 72.0 Å². The molecule has 0 aromatic heterocycles. The summed E-state index contributed by atoms with van der Waals surface area (Å²) in [6.45, 7) is -0.881. The van der Waals surface area contributed by atoms with Gasteiger partial charge in [-0.1, -0.05) is 49.9 Å². The summed E-state index contributed by atoms with van der Waals surface area (Å²) in [6.07, 6.45) is 1.92. The van der Waals surface area contributed by atoms with Crippen LogP contribution in [0, 0.1) is 17.5 Å². The number of carboxylic acids is 1. The van der Waals surface area contributed by atoms with Gasteiger partial charge < -0.3 is 30.5 Å². The predicted octanol–water partition coefficient (Wildman–Crippen LogP) is 4.53. The number of aliphatic hydroxyl groups excluding tert-OH is 1. The third-order valence-corrected chi connectivity index (χ3v) is 9.64. The molecular formula is C35H37F2N3O7S. The van der Waals surface area contributed by atoms with E-state index in [1.165, 1.54) is 60.3 Å². The van der Waals surface area contributed by atoms with Crippen LogP contribution in [0.3, 0.4) is 0 Å². The van der Waals surface area contributed by atoms with E-state index in [1.54, 1.807) is 29.2 Å². The average molecular weight is 683 g/mol. The summed E-state index contributed by atoms with van der Waals surface area (Å²) in [5.74, 6) is -4.00. The normalized spacial score (nSPS) is 19.9. The molecular weight excluding hydrogens is 644 g/mol. The van der Waals surface area contributed by atoms with Gasteiger partial charge in [-0.25, -0.2) is 13.6 Å². The Balaban J connectivity index is 1.16. The number of nitrogens with zero attached hydrogens (tertiary/aromatic N) is 1. The van der Waals surface area contributed by atoms with Gasteiger partial charge in [0.2, 0.25) is 11.8 Å². The standard InChI is InChI=1S/C35H37F2N3O7S/c36-24-9-5-22(6-10-24)29(41)20-48-33-32(40(34(33)44)26-13-11-25(37)12-14-26)23-7-15-27(16-8-23)47-19-31(43)38-18-30(42)39-28(35(45)46)17-21-3-1-2-4-21/h5-16,21,28-29,32-33,41H,1-4,17-20H2,(H,38,43)(H,39,42)(H,45,46)/t28-,29?,32+,33+/m0/s1/i21D. The highest BCUT2D eigenvalue weighted by molar-refractivity contribution is 8.00. The molecule has 48 heavy (non-hydrogen) atoms. The quantitative estimate of drug-likeness (QED) is 0.171. The third kappa shape index (κ3) is 8.90. The molecule has 1 saturated carbocycles. The van der Waals surface area contributed by atoms with Crippen molar-refractivity contribution < 1.29 is 44.3 Å². The van der Waals surface area contributed by atoms with Crippen LogP contribution >= 0.6 is 11.8 Å². The van der Waals surface area contributed by atoms with Crippen molar-refractivity contribution in [1.82, 2.24) is 10.6 Å². The zero-order chi connectivity index (χ0) is 35.1. The predicted molar refractivity (Wildman–Crippen MR) is 175 cm³/mol. The zero-order valence-electron chi connectivity index (χ0n) is 26.9. The first-order valence-electron chi connectivity index (χ1n) is 16.1. The Labute approximate surface area is 282 Å². The van der Waals surface area contributed by atoms with Crippen LogP contribution in [0.15, 0.2) is 72.8 Å². The fourth-order valence-corrected chi connectivity index (χ4v) is 7.07. The van der Waals surface area contributed by atoms with E-state index in [9.17, 15) is 38.2 Å². The molecule has 0 spiro atoms. The second kappa shape index (κ2) is 16.1. The van der Waals surface area contributed by atoms with Gasteiger partial charge in [0.25, 0.3) is 5.91 Å². The number of β-lactam (4-membered cyclic amide) rings is 1. The molecule has 1 aliphatic carbocycles. The molecule has 1 saturated heterocycles. The number of aliphatic carboxylic acids is 1. The first kappa shape index (κ1) is 33.4. The number of aliphatic hydroxyl groups is 1. The van der Waals surface area contributed by atoms with Crippen LogP contribution < -0.4 is 20.3 Å². The molecule has 1 heterocycles. The maximum atomic E-state index is 13.6. The van der Waals surface area contributed by atoms with Crippen LogP contribution in [0.2, 0.25) is 0 Å². The lowest BCUT2D eigenvalue weighted by Crippen LogP contribution is -2.57. The van der Waals surface area contributed by atoms with E-state index in [1.807, 2.05) is 0 Å². The number of hydrogen-bond acceptors (Lipinski definition) is 7. The SMILES string of the molecule is [2H]C1(C[C@H](NC(=O)CNC(=O)COc2ccc([C@@H]3[C@@H](SCC(O)c4ccc(F)cc4)C(=O)N3c3ccc(F)cc3)cc2)C(=O)O)CCCC1. The molecule has 0 radical (unpaired) electrons. The second-order valence-corrected chi connectivity index (χ2v) is 12.9. The number of carbonyl (C=O) groups excluding carboxylic acids is 3. The Kier molecular flexibility index (Phi) is 11.2. The van der Waals surface area contributed by atoms with E-state index in [4.69, 9.17) is 6.11 Å². The van der Waals surface area contributed by atoms with E-state index in [-0.39, 0.29) is 18.1 Å². The Morgan fingerprint density at radius 2 is 1.58 bits per heavy atom. The maximum absolute atomic E-state index is 13.6. The fraction of sp³-hybridized carbons (Fsp3) is 0.371. The molecule has 13 heteroatoms. The largest absolute Gasteiger partial charge is 0.484 e. The summed E-state index contributed by atoms with van der Waals surface area (Å²) in [6, 6.07) is 16.0. The Bertz CT molecular complexity index is 1640. The minimum absolute atomic E-state index is 0.00477. The van der Waals surface area contributed by atoms with Crippen molar-refractivity contribution in [2.24, 2.45) is 5.89 Å². The van der Waals surface area contributed by atoms with E-state index in [0.29, 0.717) is 29.8 Å². The molecule has 3 amide bonds. The fourth-order valence-electron chi connectivity index (χ4n) is 5.77. The minimum Gasteiger partial charge on any atom is -0.484 e. The van der Waals surface area contributed by atoms with Crippen LogP contribution in [-0.4, -0.2) is 64.1 Å². The highest BCUT2D eigenvalue weighted by Gasteiger charge is 2.49. The molecule has 2 fully saturated rings. The van der Waals surface area contributed by atoms with Crippen molar-refractivity contribution >= 4 is 41.1 Å². The molecule has 1 unspecified atom stereocenters. The second-order valence-electron chi connectivity index (χ2n) is 11.7. The smallest absolute Gasteiger partial charge is 0.326 e. The number of carboxylic acid groups (broad SMARTS) is 1. The summed E-state index contributed by atoms with van der Waals surface area (Å²) >= 11 is 1.25. The van der Waals surface area contributed by atoms with Gasteiger partial charge in [0.05, 0.1) is 18.7 Å². The molecule has 254 valence electrons. The van der Waals surface area contributed by atoms with Gasteiger partial charge in [-0.3, -0.25) is 14.4 Å². The summed E-state index contributed by atoms with van der Waals surface area (Å²) in [4.78, 5) is 51.2. The van der Waals surface area contributed by atoms with Gasteiger partial charge >= 0.3 is 5.97 Å². The van der Waals surface area contributed by atoms with Gasteiger partial charge in [0.15, 0.2) is 6.61 Å². The number of amides is 3. The van der Waals surface area contributed by atoms with Crippen molar-refractivity contribution in [3.05, 3.63) is 95.6 Å². The van der Waals surface area contributed by atoms with E-state index < -0.39 is 71.9 Å². The minimum atomic E-state index is -1.23. The first-order chi connectivity index (χ1) is 23.4. The molecule has 4 atom stereocenters. The highest BCUT2D eigenvalue weighted by atomic mass is 32.2. The summed E-state index contributed by atoms with van der Waals surface area (Å²) < 4.78 is 40.9. The Morgan fingerprint density at radius 3 is 2.21 bits per heavy atom. The Morgan fingerprint density at radius 1 is 0.958 bits per heavy atom. The van der Waals surface area contributed by atoms with Crippen LogP contribution in [0.4, 0.5) is 14.5 Å². The number of anilines is 1. The van der Waals surface area contributed by atoms with Gasteiger partial charge in [0.1, 0.15) is 28.7 Å². The summed E-state index contributed by atoms with van der Waals surface area (Å²) in [5, 5.41) is 24.4. The molecule has 2 aliphatic rings. The lowest BCUT2D eigenvalue weighted by Gasteiger charge is -2.47. The summed E-state index contributed by atoms with van der Waals surface area (Å²) in [7, 11) is 0. The monoisotopic (exact) mass is 682 g/mol. The van der Waals surface area contributed by atoms with Crippen LogP contribution in [-0.2, 0) is 19.2 Å². The molecule has 3 aromatic rings. The van der Waals surface area contributed by atoms with Crippen molar-refractivity contribution in [1.29, 1.82) is 0 Å². The van der Waals surface area contributed by atoms with Crippen LogP contribution in [0.1, 0.15) is 56.7 Å². The number of benzene rings is 3. The number of ether oxygens (including phenoxy) is 1. The van der Waals surface area contributed by atoms with Gasteiger partial charge in [-0.2, -0.15) is 0 Å². The lowest BCUT2D eigenvalue weighted by atomic mass is 9.92. The van der Waals surface area contributed by atoms with E-state index in [2.05, 4.69) is 10.6 Å². The van der Waals surface area contributed by atoms with Crippen molar-refractivity contribution in [2.75, 3.05) is 23.8 Å². The molecule has 3 aromatic carbocycles. The van der Waals surface area contributed by atoms with E-state index >= 15 is 0 Å². The molecule has 0 bridgehead atoms. The summed E-state index contributed by atoms with van der Waals surface area (Å²) in [5.41, 5.74) is 1.75. The lowest BCUT2D eigenvalue weighted by molar-refractivity contribution is -0.142. The molecule has 4 N–H and O–H groups in total. The van der Waals surface area contributed by atoms with Crippen molar-refractivity contribution in [3.63, 3.8) is 0 Å². The van der Waals surface area contributed by atoms with Gasteiger partial charge in [0, 0.05) is 12.8 Å². The topological polar surface area (TPSA) is 145 Å². The number of thioether (sulfide) groups is 1. The number of rotatable bonds is 15. The number of nitrogens with one attached hydrogen (secondary N) is 2. The molecule has 5 rings (SSSR count). The number of halogens is 2. The van der Waals surface area contributed by atoms with Crippen LogP contribution in [0.5, 0.6) is 5.75 Å². The van der Waals surface area contributed by atoms with E-state index in [0.717, 1.165) is 18.4 Å². The third-order valence-electron chi connectivity index (χ3n) is 8.31. The highest BCUT2D eigenvalue weighted by Crippen LogP contribution is 2.46. The van der Waals surface area contributed by atoms with Crippen molar-refractivity contribution in [2.45, 2.75) is 55.5 Å². The van der Waals surface area contributed by atoms with Crippen molar-refractivity contribution in [3.8, 4) is 5.75 Å². The average Bonchev–Trinajstić information content (AvgIpc) is 3.52. The Hall–Kier alpha value is -4.49. The molecule has 1 aliphatic heterocycles. The zero-order valence-corrected chi connectivity index (χ0v) is 26.8.